The average Bonchev–Trinajstić information content (AvgIpc) is 3.07. The first-order valence-electron chi connectivity index (χ1n) is 11.2. The second kappa shape index (κ2) is 8.76. The van der Waals surface area contributed by atoms with Crippen LogP contribution in [0.15, 0.2) is 17.1 Å². The van der Waals surface area contributed by atoms with Crippen LogP contribution in [0.3, 0.4) is 0 Å². The van der Waals surface area contributed by atoms with Crippen LogP contribution in [-0.2, 0) is 10.0 Å². The first-order valence-corrected chi connectivity index (χ1v) is 12.8. The molecule has 2 fully saturated rings. The van der Waals surface area contributed by atoms with Gasteiger partial charge in [-0.2, -0.15) is 18.2 Å². The van der Waals surface area contributed by atoms with Crippen molar-refractivity contribution in [3.63, 3.8) is 0 Å². The Hall–Kier alpha value is -2.25. The minimum Gasteiger partial charge on any atom is -0.388 e. The summed E-state index contributed by atoms with van der Waals surface area (Å²) in [5.41, 5.74) is -0.359. The van der Waals surface area contributed by atoms with Gasteiger partial charge in [0.1, 0.15) is 5.65 Å². The first-order chi connectivity index (χ1) is 15.8. The van der Waals surface area contributed by atoms with E-state index in [-0.39, 0.29) is 43.5 Å². The number of alkyl halides is 3. The molecule has 13 heteroatoms. The number of hydrogen-bond acceptors (Lipinski definition) is 7. The number of hydrogen-bond donors (Lipinski definition) is 2. The van der Waals surface area contributed by atoms with Gasteiger partial charge in [0.05, 0.1) is 11.6 Å². The van der Waals surface area contributed by atoms with Crippen LogP contribution in [-0.4, -0.2) is 69.0 Å². The number of rotatable bonds is 5. The zero-order valence-corrected chi connectivity index (χ0v) is 19.8. The van der Waals surface area contributed by atoms with Crippen molar-refractivity contribution in [1.29, 1.82) is 0 Å². The maximum absolute atomic E-state index is 13.0. The number of aryl methyl sites for hydroxylation is 1. The molecule has 0 aromatic carbocycles. The minimum atomic E-state index is -4.79. The van der Waals surface area contributed by atoms with Crippen molar-refractivity contribution in [2.45, 2.75) is 69.8 Å². The molecule has 2 N–H and O–H groups in total. The number of pyridine rings is 1. The van der Waals surface area contributed by atoms with Gasteiger partial charge in [0.25, 0.3) is 5.56 Å². The van der Waals surface area contributed by atoms with Crippen molar-refractivity contribution >= 4 is 27.0 Å². The summed E-state index contributed by atoms with van der Waals surface area (Å²) in [7, 11) is -4.41. The zero-order chi connectivity index (χ0) is 24.9. The Balaban J connectivity index is 1.55. The molecule has 4 rings (SSSR count). The molecule has 188 valence electrons. The van der Waals surface area contributed by atoms with E-state index >= 15 is 0 Å². The number of nitrogens with one attached hydrogen (secondary N) is 1. The number of aliphatic hydroxyl groups is 1. The lowest BCUT2D eigenvalue weighted by molar-refractivity contribution is -0.107. The molecule has 0 spiro atoms. The summed E-state index contributed by atoms with van der Waals surface area (Å²) in [6, 6.07) is 1.04. The molecule has 1 aliphatic carbocycles. The second-order valence-electron chi connectivity index (χ2n) is 9.43. The topological polar surface area (TPSA) is 117 Å². The fraction of sp³-hybridized carbons (Fsp3) is 0.667. The van der Waals surface area contributed by atoms with Gasteiger partial charge in [-0.15, -0.1) is 0 Å². The Morgan fingerprint density at radius 1 is 1.26 bits per heavy atom. The smallest absolute Gasteiger partial charge is 0.388 e. The second-order valence-corrected chi connectivity index (χ2v) is 11.4. The van der Waals surface area contributed by atoms with Gasteiger partial charge >= 0.3 is 6.18 Å². The summed E-state index contributed by atoms with van der Waals surface area (Å²) in [5, 5.41) is 14.6. The maximum Gasteiger partial charge on any atom is 0.404 e. The minimum absolute atomic E-state index is 0.0431. The lowest BCUT2D eigenvalue weighted by atomic mass is 9.99. The molecule has 1 aliphatic heterocycles. The third kappa shape index (κ3) is 5.05. The molecule has 0 radical (unpaired) electrons. The molecule has 2 aromatic heterocycles. The molecule has 9 nitrogen and oxygen atoms in total. The van der Waals surface area contributed by atoms with E-state index in [4.69, 9.17) is 0 Å². The Kier molecular flexibility index (Phi) is 6.40. The van der Waals surface area contributed by atoms with Gasteiger partial charge in [-0.1, -0.05) is 0 Å². The molecule has 2 atom stereocenters. The highest BCUT2D eigenvalue weighted by atomic mass is 32.2. The van der Waals surface area contributed by atoms with E-state index in [2.05, 4.69) is 15.3 Å². The number of anilines is 1. The highest BCUT2D eigenvalue weighted by molar-refractivity contribution is 7.89. The van der Waals surface area contributed by atoms with Gasteiger partial charge < -0.3 is 10.4 Å². The highest BCUT2D eigenvalue weighted by Crippen LogP contribution is 2.39. The van der Waals surface area contributed by atoms with Crippen molar-refractivity contribution in [2.24, 2.45) is 0 Å². The molecule has 0 amide bonds. The summed E-state index contributed by atoms with van der Waals surface area (Å²) in [4.78, 5) is 21.9. The van der Waals surface area contributed by atoms with Crippen LogP contribution in [0.4, 0.5) is 19.1 Å². The van der Waals surface area contributed by atoms with E-state index in [1.165, 1.54) is 4.57 Å². The number of fused-ring (bicyclic) bond motifs is 1. The fourth-order valence-corrected chi connectivity index (χ4v) is 6.28. The van der Waals surface area contributed by atoms with Gasteiger partial charge in [0.15, 0.2) is 5.75 Å². The van der Waals surface area contributed by atoms with Crippen LogP contribution in [0.25, 0.3) is 11.0 Å². The largest absolute Gasteiger partial charge is 0.404 e. The first kappa shape index (κ1) is 24.9. The fourth-order valence-electron chi connectivity index (χ4n) is 4.91. The Labute approximate surface area is 195 Å². The lowest BCUT2D eigenvalue weighted by Gasteiger charge is -2.32. The van der Waals surface area contributed by atoms with Crippen molar-refractivity contribution in [1.82, 2.24) is 18.8 Å². The summed E-state index contributed by atoms with van der Waals surface area (Å²) >= 11 is 0. The van der Waals surface area contributed by atoms with E-state index in [9.17, 15) is 31.5 Å². The summed E-state index contributed by atoms with van der Waals surface area (Å²) in [6.07, 6.45) is -0.627. The van der Waals surface area contributed by atoms with E-state index < -0.39 is 33.6 Å². The maximum atomic E-state index is 13.0. The quantitative estimate of drug-likeness (QED) is 0.643. The third-order valence-electron chi connectivity index (χ3n) is 6.67. The Bertz CT molecular complexity index is 1240. The van der Waals surface area contributed by atoms with Crippen molar-refractivity contribution < 1.29 is 26.7 Å². The van der Waals surface area contributed by atoms with Crippen molar-refractivity contribution in [3.8, 4) is 0 Å². The highest BCUT2D eigenvalue weighted by Gasteiger charge is 2.41. The van der Waals surface area contributed by atoms with Gasteiger partial charge in [-0.3, -0.25) is 9.36 Å². The van der Waals surface area contributed by atoms with Gasteiger partial charge in [0.2, 0.25) is 16.0 Å². The average molecular weight is 504 g/mol. The van der Waals surface area contributed by atoms with Crippen LogP contribution in [0, 0.1) is 6.92 Å². The molecule has 2 aliphatic rings. The third-order valence-corrected chi connectivity index (χ3v) is 8.51. The van der Waals surface area contributed by atoms with Crippen LogP contribution < -0.4 is 10.9 Å². The number of sulfonamides is 1. The molecule has 1 saturated heterocycles. The van der Waals surface area contributed by atoms with Gasteiger partial charge in [-0.25, -0.2) is 17.7 Å². The monoisotopic (exact) mass is 503 g/mol. The number of piperidine rings is 1. The molecular weight excluding hydrogens is 475 g/mol. The number of nitrogens with zero attached hydrogens (tertiary/aromatic N) is 4. The standard InChI is InChI=1S/C21H28F3N5O4S/c1-13-10-14-11-25-19(27-17(14)29(18(13)30)16-4-3-7-20(16,2)31)26-15-5-8-28(9-6-15)34(32,33)12-21(22,23)24/h10-11,15-16,31H,3-9,12H2,1-2H3,(H,25,26,27)/t16-,20-/m0/s1. The van der Waals surface area contributed by atoms with Crippen molar-refractivity contribution in [2.75, 3.05) is 24.2 Å². The molecular formula is C21H28F3N5O4S. The summed E-state index contributed by atoms with van der Waals surface area (Å²) < 4.78 is 64.1. The predicted octanol–water partition coefficient (Wildman–Crippen LogP) is 2.34. The van der Waals surface area contributed by atoms with Crippen LogP contribution in [0.1, 0.15) is 50.6 Å². The molecule has 3 heterocycles. The molecule has 0 bridgehead atoms. The molecule has 34 heavy (non-hydrogen) atoms. The zero-order valence-electron chi connectivity index (χ0n) is 19.0. The van der Waals surface area contributed by atoms with E-state index in [0.29, 0.717) is 29.4 Å². The molecule has 1 saturated carbocycles. The lowest BCUT2D eigenvalue weighted by Crippen LogP contribution is -2.45. The molecule has 0 unspecified atom stereocenters. The van der Waals surface area contributed by atoms with Crippen LogP contribution >= 0.6 is 0 Å². The van der Waals surface area contributed by atoms with Crippen LogP contribution in [0.5, 0.6) is 0 Å². The Morgan fingerprint density at radius 3 is 2.53 bits per heavy atom. The van der Waals surface area contributed by atoms with Crippen LogP contribution in [0.2, 0.25) is 0 Å². The summed E-state index contributed by atoms with van der Waals surface area (Å²) in [5.74, 6) is -1.63. The van der Waals surface area contributed by atoms with E-state index in [1.54, 1.807) is 26.1 Å². The molecule has 2 aromatic rings. The predicted molar refractivity (Wildman–Crippen MR) is 120 cm³/mol. The van der Waals surface area contributed by atoms with E-state index in [0.717, 1.165) is 10.7 Å². The summed E-state index contributed by atoms with van der Waals surface area (Å²) in [6.45, 7) is 3.33. The Morgan fingerprint density at radius 2 is 1.94 bits per heavy atom. The van der Waals surface area contributed by atoms with Crippen molar-refractivity contribution in [3.05, 3.63) is 28.2 Å². The number of aromatic nitrogens is 3. The van der Waals surface area contributed by atoms with E-state index in [1.807, 2.05) is 0 Å². The SMILES string of the molecule is Cc1cc2cnc(NC3CCN(S(=O)(=O)CC(F)(F)F)CC3)nc2n([C@H]2CCC[C@]2(C)O)c1=O. The number of halogens is 3. The van der Waals surface area contributed by atoms with Gasteiger partial charge in [-0.05, 0) is 52.0 Å². The normalized spacial score (nSPS) is 25.2. The van der Waals surface area contributed by atoms with Gasteiger partial charge in [0, 0.05) is 36.3 Å².